The van der Waals surface area contributed by atoms with Gasteiger partial charge in [-0.3, -0.25) is 0 Å². The first-order chi connectivity index (χ1) is 9.02. The lowest BCUT2D eigenvalue weighted by atomic mass is 10.2. The fourth-order valence-corrected chi connectivity index (χ4v) is 2.25. The zero-order valence-electron chi connectivity index (χ0n) is 11.9. The average molecular weight is 332 g/mol. The molecule has 2 nitrogen and oxygen atoms in total. The first kappa shape index (κ1) is 16.4. The van der Waals surface area contributed by atoms with E-state index in [1.165, 1.54) is 12.1 Å². The summed E-state index contributed by atoms with van der Waals surface area (Å²) in [7, 11) is 0. The van der Waals surface area contributed by atoms with Crippen LogP contribution in [0, 0.1) is 11.7 Å². The highest BCUT2D eigenvalue weighted by molar-refractivity contribution is 9.10. The second-order valence-electron chi connectivity index (χ2n) is 5.16. The van der Waals surface area contributed by atoms with Crippen LogP contribution >= 0.6 is 15.9 Å². The van der Waals surface area contributed by atoms with Gasteiger partial charge in [0.2, 0.25) is 0 Å². The van der Waals surface area contributed by atoms with Gasteiger partial charge >= 0.3 is 0 Å². The third kappa shape index (κ3) is 6.39. The molecule has 108 valence electrons. The van der Waals surface area contributed by atoms with Crippen molar-refractivity contribution in [2.45, 2.75) is 39.7 Å². The van der Waals surface area contributed by atoms with Crippen LogP contribution in [0.5, 0.6) is 5.75 Å². The Morgan fingerprint density at radius 2 is 2.05 bits per heavy atom. The molecule has 0 aliphatic rings. The molecule has 0 heterocycles. The van der Waals surface area contributed by atoms with Crippen LogP contribution in [0.2, 0.25) is 0 Å². The molecule has 4 heteroatoms. The van der Waals surface area contributed by atoms with Gasteiger partial charge in [-0.15, -0.1) is 0 Å². The van der Waals surface area contributed by atoms with Gasteiger partial charge in [0, 0.05) is 6.54 Å². The lowest BCUT2D eigenvalue weighted by molar-refractivity contribution is 0.184. The van der Waals surface area contributed by atoms with Crippen molar-refractivity contribution in [3.63, 3.8) is 0 Å². The van der Waals surface area contributed by atoms with E-state index < -0.39 is 0 Å². The summed E-state index contributed by atoms with van der Waals surface area (Å²) in [6.07, 6.45) is 2.16. The van der Waals surface area contributed by atoms with Gasteiger partial charge < -0.3 is 10.1 Å². The number of ether oxygens (including phenoxy) is 1. The first-order valence-corrected chi connectivity index (χ1v) is 7.64. The van der Waals surface area contributed by atoms with Crippen molar-refractivity contribution in [1.82, 2.24) is 5.32 Å². The molecule has 0 spiro atoms. The Morgan fingerprint density at radius 3 is 2.63 bits per heavy atom. The molecular formula is C15H23BrFNO. The van der Waals surface area contributed by atoms with Crippen LogP contribution in [0.1, 0.15) is 33.6 Å². The number of nitrogens with one attached hydrogen (secondary N) is 1. The fourth-order valence-electron chi connectivity index (χ4n) is 1.81. The maximum atomic E-state index is 13.0. The van der Waals surface area contributed by atoms with Crippen LogP contribution in [0.15, 0.2) is 22.7 Å². The molecule has 19 heavy (non-hydrogen) atoms. The quantitative estimate of drug-likeness (QED) is 0.763. The number of hydrogen-bond donors (Lipinski definition) is 1. The van der Waals surface area contributed by atoms with Gasteiger partial charge in [0.1, 0.15) is 17.7 Å². The molecule has 0 bridgehead atoms. The Kier molecular flexibility index (Phi) is 7.39. The van der Waals surface area contributed by atoms with Crippen LogP contribution in [0.25, 0.3) is 0 Å². The smallest absolute Gasteiger partial charge is 0.134 e. The largest absolute Gasteiger partial charge is 0.488 e. The molecule has 1 unspecified atom stereocenters. The molecule has 0 amide bonds. The average Bonchev–Trinajstić information content (AvgIpc) is 2.32. The molecular weight excluding hydrogens is 309 g/mol. The van der Waals surface area contributed by atoms with Crippen molar-refractivity contribution >= 4 is 15.9 Å². The van der Waals surface area contributed by atoms with Crippen LogP contribution in [0.4, 0.5) is 4.39 Å². The van der Waals surface area contributed by atoms with E-state index in [1.54, 1.807) is 6.07 Å². The van der Waals surface area contributed by atoms with Crippen molar-refractivity contribution < 1.29 is 9.13 Å². The van der Waals surface area contributed by atoms with Crippen LogP contribution in [-0.2, 0) is 0 Å². The van der Waals surface area contributed by atoms with E-state index in [4.69, 9.17) is 4.74 Å². The number of halogens is 2. The zero-order chi connectivity index (χ0) is 14.3. The maximum Gasteiger partial charge on any atom is 0.134 e. The normalized spacial score (nSPS) is 12.7. The molecule has 0 saturated heterocycles. The van der Waals surface area contributed by atoms with Gasteiger partial charge in [-0.2, -0.15) is 0 Å². The minimum atomic E-state index is -0.260. The summed E-state index contributed by atoms with van der Waals surface area (Å²) < 4.78 is 19.6. The van der Waals surface area contributed by atoms with E-state index in [0.717, 1.165) is 25.9 Å². The molecule has 1 rings (SSSR count). The lowest BCUT2D eigenvalue weighted by Crippen LogP contribution is -2.33. The highest BCUT2D eigenvalue weighted by Gasteiger charge is 2.12. The number of rotatable bonds is 8. The summed E-state index contributed by atoms with van der Waals surface area (Å²) in [4.78, 5) is 0. The van der Waals surface area contributed by atoms with Gasteiger partial charge in [-0.05, 0) is 53.0 Å². The van der Waals surface area contributed by atoms with Crippen molar-refractivity contribution in [3.8, 4) is 5.75 Å². The van der Waals surface area contributed by atoms with E-state index in [0.29, 0.717) is 16.1 Å². The van der Waals surface area contributed by atoms with Crippen molar-refractivity contribution in [3.05, 3.63) is 28.5 Å². The van der Waals surface area contributed by atoms with Gasteiger partial charge in [-0.1, -0.05) is 27.2 Å². The molecule has 1 aromatic carbocycles. The van der Waals surface area contributed by atoms with E-state index >= 15 is 0 Å². The topological polar surface area (TPSA) is 21.3 Å². The van der Waals surface area contributed by atoms with Gasteiger partial charge in [0.25, 0.3) is 0 Å². The molecule has 1 aromatic rings. The van der Waals surface area contributed by atoms with Crippen LogP contribution < -0.4 is 10.1 Å². The minimum absolute atomic E-state index is 0.116. The minimum Gasteiger partial charge on any atom is -0.488 e. The summed E-state index contributed by atoms with van der Waals surface area (Å²) in [6.45, 7) is 8.29. The molecule has 0 aromatic heterocycles. The van der Waals surface area contributed by atoms with Gasteiger partial charge in [0.05, 0.1) is 4.47 Å². The summed E-state index contributed by atoms with van der Waals surface area (Å²) in [5, 5.41) is 3.41. The molecule has 0 aliphatic carbocycles. The van der Waals surface area contributed by atoms with E-state index in [-0.39, 0.29) is 11.9 Å². The SMILES string of the molecule is CCCC(CNCC(C)C)Oc1ccc(F)cc1Br. The molecule has 0 aliphatic heterocycles. The van der Waals surface area contributed by atoms with Crippen molar-refractivity contribution in [2.24, 2.45) is 5.92 Å². The predicted octanol–water partition coefficient (Wildman–Crippen LogP) is 4.38. The summed E-state index contributed by atoms with van der Waals surface area (Å²) >= 11 is 3.33. The second kappa shape index (κ2) is 8.54. The molecule has 0 fully saturated rings. The molecule has 1 N–H and O–H groups in total. The summed E-state index contributed by atoms with van der Waals surface area (Å²) in [5.74, 6) is 1.07. The standard InChI is InChI=1S/C15H23BrFNO/c1-4-5-13(10-18-9-11(2)3)19-15-7-6-12(17)8-14(15)16/h6-8,11,13,18H,4-5,9-10H2,1-3H3. The first-order valence-electron chi connectivity index (χ1n) is 6.85. The van der Waals surface area contributed by atoms with Crippen molar-refractivity contribution in [2.75, 3.05) is 13.1 Å². The second-order valence-corrected chi connectivity index (χ2v) is 6.01. The van der Waals surface area contributed by atoms with E-state index in [9.17, 15) is 4.39 Å². The highest BCUT2D eigenvalue weighted by atomic mass is 79.9. The maximum absolute atomic E-state index is 13.0. The van der Waals surface area contributed by atoms with Crippen LogP contribution in [-0.4, -0.2) is 19.2 Å². The number of benzene rings is 1. The Morgan fingerprint density at radius 1 is 1.32 bits per heavy atom. The van der Waals surface area contributed by atoms with E-state index in [1.807, 2.05) is 0 Å². The van der Waals surface area contributed by atoms with Gasteiger partial charge in [0.15, 0.2) is 0 Å². The highest BCUT2D eigenvalue weighted by Crippen LogP contribution is 2.27. The van der Waals surface area contributed by atoms with E-state index in [2.05, 4.69) is 42.0 Å². The molecule has 0 radical (unpaired) electrons. The Balaban J connectivity index is 2.56. The lowest BCUT2D eigenvalue weighted by Gasteiger charge is -2.20. The zero-order valence-corrected chi connectivity index (χ0v) is 13.5. The van der Waals surface area contributed by atoms with Gasteiger partial charge in [-0.25, -0.2) is 4.39 Å². The Bertz CT molecular complexity index is 384. The third-order valence-electron chi connectivity index (χ3n) is 2.72. The fraction of sp³-hybridized carbons (Fsp3) is 0.600. The Labute approximate surface area is 123 Å². The monoisotopic (exact) mass is 331 g/mol. The summed E-state index contributed by atoms with van der Waals surface area (Å²) in [5.41, 5.74) is 0. The molecule has 0 saturated carbocycles. The Hall–Kier alpha value is -0.610. The van der Waals surface area contributed by atoms with Crippen LogP contribution in [0.3, 0.4) is 0 Å². The van der Waals surface area contributed by atoms with Crippen molar-refractivity contribution in [1.29, 1.82) is 0 Å². The molecule has 1 atom stereocenters. The number of hydrogen-bond acceptors (Lipinski definition) is 2. The summed E-state index contributed by atoms with van der Waals surface area (Å²) in [6, 6.07) is 4.52. The predicted molar refractivity (Wildman–Crippen MR) is 81.1 cm³/mol. The third-order valence-corrected chi connectivity index (χ3v) is 3.34.